The maximum absolute atomic E-state index is 13.7. The van der Waals surface area contributed by atoms with Crippen LogP contribution in [0.15, 0.2) is 17.1 Å². The van der Waals surface area contributed by atoms with Crippen LogP contribution in [0.25, 0.3) is 0 Å². The maximum Gasteiger partial charge on any atom is 0.418 e. The van der Waals surface area contributed by atoms with E-state index in [-0.39, 0.29) is 11.6 Å². The summed E-state index contributed by atoms with van der Waals surface area (Å²) in [4.78, 5) is 8.41. The van der Waals surface area contributed by atoms with Gasteiger partial charge in [0.2, 0.25) is 0 Å². The summed E-state index contributed by atoms with van der Waals surface area (Å²) < 4.78 is 46.8. The highest BCUT2D eigenvalue weighted by Crippen LogP contribution is 2.39. The van der Waals surface area contributed by atoms with E-state index in [0.717, 1.165) is 32.7 Å². The summed E-state index contributed by atoms with van der Waals surface area (Å²) in [5.74, 6) is 0.707. The number of anilines is 1. The molecule has 0 atom stereocenters. The highest BCUT2D eigenvalue weighted by molar-refractivity contribution is 5.94. The molecule has 0 spiro atoms. The number of nitrogens with zero attached hydrogens (tertiary/aromatic N) is 3. The molecule has 0 bridgehead atoms. The van der Waals surface area contributed by atoms with Crippen LogP contribution in [0.1, 0.15) is 25.0 Å². The molecule has 2 rings (SSSR count). The van der Waals surface area contributed by atoms with Crippen LogP contribution in [-0.2, 0) is 12.7 Å². The van der Waals surface area contributed by atoms with Gasteiger partial charge in [-0.05, 0) is 19.5 Å². The summed E-state index contributed by atoms with van der Waals surface area (Å²) in [5.41, 5.74) is -0.260. The van der Waals surface area contributed by atoms with E-state index in [0.29, 0.717) is 24.5 Å². The first-order chi connectivity index (χ1) is 13.3. The Morgan fingerprint density at radius 1 is 1.14 bits per heavy atom. The van der Waals surface area contributed by atoms with Crippen molar-refractivity contribution in [1.29, 1.82) is 0 Å². The first-order valence-corrected chi connectivity index (χ1v) is 9.55. The lowest BCUT2D eigenvalue weighted by molar-refractivity contribution is -0.137. The van der Waals surface area contributed by atoms with Gasteiger partial charge in [0.05, 0.1) is 17.9 Å². The highest BCUT2D eigenvalue weighted by atomic mass is 19.4. The zero-order chi connectivity index (χ0) is 20.7. The van der Waals surface area contributed by atoms with Crippen LogP contribution < -0.4 is 15.4 Å². The molecule has 1 aromatic rings. The average Bonchev–Trinajstić information content (AvgIpc) is 2.67. The van der Waals surface area contributed by atoms with Crippen molar-refractivity contribution in [1.82, 2.24) is 15.1 Å². The quantitative estimate of drug-likeness (QED) is 0.567. The first kappa shape index (κ1) is 22.3. The summed E-state index contributed by atoms with van der Waals surface area (Å²) >= 11 is 0. The molecule has 6 nitrogen and oxygen atoms in total. The molecule has 1 aliphatic rings. The number of likely N-dealkylation sites (N-methyl/N-ethyl adjacent to an activating group) is 1. The number of hydrogen-bond donors (Lipinski definition) is 2. The Bertz CT molecular complexity index is 670. The van der Waals surface area contributed by atoms with Crippen molar-refractivity contribution in [3.63, 3.8) is 0 Å². The Kier molecular flexibility index (Phi) is 7.94. The van der Waals surface area contributed by atoms with Crippen molar-refractivity contribution < 1.29 is 17.9 Å². The van der Waals surface area contributed by atoms with Gasteiger partial charge in [-0.25, -0.2) is 0 Å². The number of guanidine groups is 1. The molecule has 0 saturated carbocycles. The van der Waals surface area contributed by atoms with Crippen molar-refractivity contribution in [3.8, 4) is 5.75 Å². The fourth-order valence-electron chi connectivity index (χ4n) is 3.24. The van der Waals surface area contributed by atoms with Crippen LogP contribution in [-0.4, -0.2) is 69.2 Å². The third-order valence-electron chi connectivity index (χ3n) is 4.83. The smallest absolute Gasteiger partial charge is 0.418 e. The van der Waals surface area contributed by atoms with E-state index in [9.17, 15) is 13.2 Å². The highest BCUT2D eigenvalue weighted by Gasteiger charge is 2.35. The topological polar surface area (TPSA) is 52.1 Å². The Balaban J connectivity index is 2.35. The van der Waals surface area contributed by atoms with E-state index in [4.69, 9.17) is 4.74 Å². The van der Waals surface area contributed by atoms with E-state index in [1.165, 1.54) is 19.2 Å². The minimum atomic E-state index is -4.49. The molecule has 1 heterocycles. The second-order valence-electron chi connectivity index (χ2n) is 6.59. The Morgan fingerprint density at radius 3 is 2.29 bits per heavy atom. The summed E-state index contributed by atoms with van der Waals surface area (Å²) in [6, 6.07) is 2.62. The number of ether oxygens (including phenoxy) is 1. The number of aliphatic imine (C=N–C) groups is 1. The van der Waals surface area contributed by atoms with Gasteiger partial charge in [-0.3, -0.25) is 9.89 Å². The fourth-order valence-corrected chi connectivity index (χ4v) is 3.24. The van der Waals surface area contributed by atoms with Crippen LogP contribution >= 0.6 is 0 Å². The number of benzene rings is 1. The van der Waals surface area contributed by atoms with Crippen molar-refractivity contribution in [3.05, 3.63) is 23.3 Å². The lowest BCUT2D eigenvalue weighted by atomic mass is 10.1. The molecular weight excluding hydrogens is 371 g/mol. The Hall–Kier alpha value is -2.00. The van der Waals surface area contributed by atoms with Gasteiger partial charge < -0.3 is 20.3 Å². The van der Waals surface area contributed by atoms with Crippen molar-refractivity contribution >= 4 is 11.6 Å². The summed E-state index contributed by atoms with van der Waals surface area (Å²) in [7, 11) is 3.09. The molecule has 0 unspecified atom stereocenters. The number of nitrogens with one attached hydrogen (secondary N) is 2. The van der Waals surface area contributed by atoms with E-state index in [2.05, 4.69) is 32.3 Å². The molecule has 0 aliphatic carbocycles. The van der Waals surface area contributed by atoms with E-state index in [1.807, 2.05) is 6.92 Å². The van der Waals surface area contributed by atoms with Crippen LogP contribution in [0, 0.1) is 0 Å². The lowest BCUT2D eigenvalue weighted by Gasteiger charge is -2.34. The van der Waals surface area contributed by atoms with Crippen LogP contribution in [0.5, 0.6) is 5.75 Å². The largest absolute Gasteiger partial charge is 0.493 e. The molecule has 28 heavy (non-hydrogen) atoms. The molecule has 1 saturated heterocycles. The molecule has 1 fully saturated rings. The fraction of sp³-hybridized carbons (Fsp3) is 0.632. The predicted molar refractivity (Wildman–Crippen MR) is 106 cm³/mol. The molecule has 1 aliphatic heterocycles. The van der Waals surface area contributed by atoms with Crippen molar-refractivity contribution in [2.75, 3.05) is 58.7 Å². The van der Waals surface area contributed by atoms with Gasteiger partial charge in [0.25, 0.3) is 0 Å². The van der Waals surface area contributed by atoms with Crippen molar-refractivity contribution in [2.24, 2.45) is 4.99 Å². The molecular formula is C19H30F3N5O. The number of hydrogen-bond acceptors (Lipinski definition) is 4. The molecule has 158 valence electrons. The molecule has 0 amide bonds. The maximum atomic E-state index is 13.7. The van der Waals surface area contributed by atoms with E-state index in [1.54, 1.807) is 7.05 Å². The standard InChI is InChI=1S/C19H30F3N5O/c1-5-26-7-9-27(10-8-26)13-14-11-15(19(20,21)22)16(12-17(14)28-6-2)25-18(23-3)24-4/h11-12H,5-10,13H2,1-4H3,(H2,23,24,25). The Labute approximate surface area is 164 Å². The number of rotatable bonds is 6. The summed E-state index contributed by atoms with van der Waals surface area (Å²) in [5, 5.41) is 5.45. The average molecular weight is 401 g/mol. The molecule has 9 heteroatoms. The summed E-state index contributed by atoms with van der Waals surface area (Å²) in [6.07, 6.45) is -4.49. The van der Waals surface area contributed by atoms with Gasteiger partial charge in [-0.15, -0.1) is 0 Å². The number of piperazine rings is 1. The lowest BCUT2D eigenvalue weighted by Crippen LogP contribution is -2.45. The van der Waals surface area contributed by atoms with E-state index < -0.39 is 11.7 Å². The SMILES string of the molecule is CCOc1cc(N/C(=N/C)NC)c(C(F)(F)F)cc1CN1CCN(CC)CC1. The molecule has 2 N–H and O–H groups in total. The van der Waals surface area contributed by atoms with Crippen LogP contribution in [0.3, 0.4) is 0 Å². The van der Waals surface area contributed by atoms with Crippen LogP contribution in [0.2, 0.25) is 0 Å². The summed E-state index contributed by atoms with van der Waals surface area (Å²) in [6.45, 7) is 9.22. The third kappa shape index (κ3) is 5.75. The second-order valence-corrected chi connectivity index (χ2v) is 6.59. The van der Waals surface area contributed by atoms with Gasteiger partial charge in [-0.1, -0.05) is 6.92 Å². The van der Waals surface area contributed by atoms with E-state index >= 15 is 0 Å². The molecule has 0 radical (unpaired) electrons. The second kappa shape index (κ2) is 9.97. The first-order valence-electron chi connectivity index (χ1n) is 9.55. The van der Waals surface area contributed by atoms with Gasteiger partial charge in [0.1, 0.15) is 5.75 Å². The minimum Gasteiger partial charge on any atom is -0.493 e. The zero-order valence-corrected chi connectivity index (χ0v) is 17.0. The number of alkyl halides is 3. The van der Waals surface area contributed by atoms with Gasteiger partial charge >= 0.3 is 6.18 Å². The van der Waals surface area contributed by atoms with Gasteiger partial charge in [-0.2, -0.15) is 13.2 Å². The molecule has 0 aromatic heterocycles. The third-order valence-corrected chi connectivity index (χ3v) is 4.83. The molecule has 1 aromatic carbocycles. The number of halogens is 3. The minimum absolute atomic E-state index is 0.0783. The normalized spacial score (nSPS) is 16.9. The van der Waals surface area contributed by atoms with Crippen LogP contribution in [0.4, 0.5) is 18.9 Å². The Morgan fingerprint density at radius 2 is 1.79 bits per heavy atom. The van der Waals surface area contributed by atoms with Gasteiger partial charge in [0.15, 0.2) is 5.96 Å². The van der Waals surface area contributed by atoms with Crippen molar-refractivity contribution in [2.45, 2.75) is 26.6 Å². The predicted octanol–water partition coefficient (Wildman–Crippen LogP) is 2.86. The van der Waals surface area contributed by atoms with Gasteiger partial charge in [0, 0.05) is 58.4 Å². The zero-order valence-electron chi connectivity index (χ0n) is 17.0. The monoisotopic (exact) mass is 401 g/mol.